The van der Waals surface area contributed by atoms with Gasteiger partial charge in [-0.05, 0) is 49.9 Å². The van der Waals surface area contributed by atoms with Crippen LogP contribution >= 0.6 is 11.3 Å². The SMILES string of the molecule is CCOc1ccc([C@H](c2sc3nc(CC)nn3c2O)N2CCC[C@H](C)C2)cc1. The predicted octanol–water partition coefficient (Wildman–Crippen LogP) is 4.28. The summed E-state index contributed by atoms with van der Waals surface area (Å²) in [7, 11) is 0. The number of nitrogens with zero attached hydrogens (tertiary/aromatic N) is 4. The molecule has 6 nitrogen and oxygen atoms in total. The van der Waals surface area contributed by atoms with Crippen LogP contribution in [-0.4, -0.2) is 44.3 Å². The van der Waals surface area contributed by atoms with Gasteiger partial charge >= 0.3 is 0 Å². The highest BCUT2D eigenvalue weighted by Crippen LogP contribution is 2.41. The maximum absolute atomic E-state index is 11.0. The van der Waals surface area contributed by atoms with Crippen LogP contribution in [0.15, 0.2) is 24.3 Å². The quantitative estimate of drug-likeness (QED) is 0.669. The number of hydrogen-bond donors (Lipinski definition) is 1. The first-order valence-electron chi connectivity index (χ1n) is 10.1. The molecule has 3 heterocycles. The highest BCUT2D eigenvalue weighted by atomic mass is 32.1. The summed E-state index contributed by atoms with van der Waals surface area (Å²) < 4.78 is 7.20. The van der Waals surface area contributed by atoms with E-state index in [0.29, 0.717) is 12.5 Å². The lowest BCUT2D eigenvalue weighted by molar-refractivity contribution is 0.149. The minimum atomic E-state index is -0.00277. The molecule has 3 aromatic rings. The largest absolute Gasteiger partial charge is 0.494 e. The van der Waals surface area contributed by atoms with Crippen molar-refractivity contribution in [2.45, 2.75) is 46.1 Å². The first-order valence-corrected chi connectivity index (χ1v) is 11.0. The van der Waals surface area contributed by atoms with Crippen molar-refractivity contribution in [2.24, 2.45) is 5.92 Å². The van der Waals surface area contributed by atoms with Gasteiger partial charge < -0.3 is 9.84 Å². The first kappa shape index (κ1) is 19.2. The Morgan fingerprint density at radius 2 is 2.07 bits per heavy atom. The summed E-state index contributed by atoms with van der Waals surface area (Å²) in [5.41, 5.74) is 1.16. The van der Waals surface area contributed by atoms with Gasteiger partial charge in [-0.1, -0.05) is 37.3 Å². The molecule has 1 aliphatic rings. The lowest BCUT2D eigenvalue weighted by atomic mass is 9.95. The lowest BCUT2D eigenvalue weighted by Crippen LogP contribution is -2.37. The molecule has 0 bridgehead atoms. The summed E-state index contributed by atoms with van der Waals surface area (Å²) in [5.74, 6) is 2.49. The average Bonchev–Trinajstić information content (AvgIpc) is 3.23. The topological polar surface area (TPSA) is 62.9 Å². The Morgan fingerprint density at radius 1 is 1.29 bits per heavy atom. The summed E-state index contributed by atoms with van der Waals surface area (Å²) >= 11 is 1.54. The molecule has 150 valence electrons. The minimum Gasteiger partial charge on any atom is -0.494 e. The molecule has 0 saturated carbocycles. The third-order valence-electron chi connectivity index (χ3n) is 5.37. The Kier molecular flexibility index (Phi) is 5.55. The van der Waals surface area contributed by atoms with E-state index >= 15 is 0 Å². The Balaban J connectivity index is 1.76. The standard InChI is InChI=1S/C21H28N4O2S/c1-4-17-22-21-25(23-17)20(26)19(28-21)18(24-12-6-7-14(3)13-24)15-8-10-16(11-9-15)27-5-2/h8-11,14,18,26H,4-7,12-13H2,1-3H3/t14-,18+/m0/s1. The Morgan fingerprint density at radius 3 is 2.71 bits per heavy atom. The van der Waals surface area contributed by atoms with Crippen molar-refractivity contribution in [3.8, 4) is 11.6 Å². The van der Waals surface area contributed by atoms with Crippen molar-refractivity contribution < 1.29 is 9.84 Å². The van der Waals surface area contributed by atoms with Crippen molar-refractivity contribution in [3.63, 3.8) is 0 Å². The van der Waals surface area contributed by atoms with Crippen LogP contribution in [0.1, 0.15) is 55.9 Å². The maximum Gasteiger partial charge on any atom is 0.230 e. The highest BCUT2D eigenvalue weighted by Gasteiger charge is 2.31. The fourth-order valence-electron chi connectivity index (χ4n) is 4.02. The van der Waals surface area contributed by atoms with E-state index in [2.05, 4.69) is 34.0 Å². The number of aryl methyl sites for hydroxylation is 1. The van der Waals surface area contributed by atoms with Gasteiger partial charge in [0.1, 0.15) is 5.75 Å². The molecule has 1 aliphatic heterocycles. The predicted molar refractivity (Wildman–Crippen MR) is 111 cm³/mol. The van der Waals surface area contributed by atoms with E-state index in [1.54, 1.807) is 4.52 Å². The van der Waals surface area contributed by atoms with Gasteiger partial charge in [0.15, 0.2) is 5.82 Å². The van der Waals surface area contributed by atoms with Gasteiger partial charge in [0.25, 0.3) is 0 Å². The number of thiazole rings is 1. The molecular formula is C21H28N4O2S. The monoisotopic (exact) mass is 400 g/mol. The fourth-order valence-corrected chi connectivity index (χ4v) is 5.16. The van der Waals surface area contributed by atoms with E-state index < -0.39 is 0 Å². The van der Waals surface area contributed by atoms with Crippen LogP contribution in [0, 0.1) is 5.92 Å². The van der Waals surface area contributed by atoms with Crippen molar-refractivity contribution in [1.82, 2.24) is 19.5 Å². The minimum absolute atomic E-state index is 0.00277. The number of aromatic nitrogens is 3. The van der Waals surface area contributed by atoms with E-state index in [1.165, 1.54) is 24.2 Å². The van der Waals surface area contributed by atoms with Crippen molar-refractivity contribution in [1.29, 1.82) is 0 Å². The number of ether oxygens (including phenoxy) is 1. The van der Waals surface area contributed by atoms with Gasteiger partial charge in [-0.2, -0.15) is 4.52 Å². The number of benzene rings is 1. The molecule has 2 aromatic heterocycles. The van der Waals surface area contributed by atoms with E-state index in [4.69, 9.17) is 4.74 Å². The smallest absolute Gasteiger partial charge is 0.230 e. The van der Waals surface area contributed by atoms with Gasteiger partial charge in [-0.15, -0.1) is 5.10 Å². The van der Waals surface area contributed by atoms with Crippen LogP contribution in [0.5, 0.6) is 11.6 Å². The van der Waals surface area contributed by atoms with E-state index in [-0.39, 0.29) is 11.9 Å². The van der Waals surface area contributed by atoms with Crippen LogP contribution in [0.3, 0.4) is 0 Å². The molecule has 0 unspecified atom stereocenters. The number of fused-ring (bicyclic) bond motifs is 1. The number of likely N-dealkylation sites (tertiary alicyclic amines) is 1. The summed E-state index contributed by atoms with van der Waals surface area (Å²) in [4.78, 5) is 8.71. The molecule has 1 N–H and O–H groups in total. The summed E-state index contributed by atoms with van der Waals surface area (Å²) in [6, 6.07) is 8.26. The van der Waals surface area contributed by atoms with Gasteiger partial charge in [-0.3, -0.25) is 4.90 Å². The number of rotatable bonds is 6. The first-order chi connectivity index (χ1) is 13.6. The summed E-state index contributed by atoms with van der Waals surface area (Å²) in [6.45, 7) is 9.01. The van der Waals surface area contributed by atoms with Crippen molar-refractivity contribution >= 4 is 16.3 Å². The molecular weight excluding hydrogens is 372 g/mol. The zero-order valence-electron chi connectivity index (χ0n) is 16.8. The number of piperidine rings is 1. The van der Waals surface area contributed by atoms with Crippen molar-refractivity contribution in [3.05, 3.63) is 40.5 Å². The fraction of sp³-hybridized carbons (Fsp3) is 0.524. The van der Waals surface area contributed by atoms with Crippen LogP contribution < -0.4 is 4.74 Å². The molecule has 1 fully saturated rings. The average molecular weight is 401 g/mol. The van der Waals surface area contributed by atoms with Crippen LogP contribution in [0.4, 0.5) is 0 Å². The van der Waals surface area contributed by atoms with Crippen LogP contribution in [0.25, 0.3) is 4.96 Å². The second-order valence-corrected chi connectivity index (χ2v) is 8.52. The third-order valence-corrected chi connectivity index (χ3v) is 6.44. The molecule has 28 heavy (non-hydrogen) atoms. The van der Waals surface area contributed by atoms with E-state index in [1.807, 2.05) is 26.0 Å². The van der Waals surface area contributed by atoms with E-state index in [0.717, 1.165) is 46.5 Å². The third kappa shape index (κ3) is 3.61. The molecule has 0 radical (unpaired) electrons. The zero-order valence-corrected chi connectivity index (χ0v) is 17.6. The van der Waals surface area contributed by atoms with Crippen molar-refractivity contribution in [2.75, 3.05) is 19.7 Å². The molecule has 0 aliphatic carbocycles. The van der Waals surface area contributed by atoms with Crippen LogP contribution in [0.2, 0.25) is 0 Å². The van der Waals surface area contributed by atoms with Gasteiger partial charge in [0.2, 0.25) is 10.8 Å². The molecule has 1 aromatic carbocycles. The molecule has 7 heteroatoms. The highest BCUT2D eigenvalue weighted by molar-refractivity contribution is 7.17. The van der Waals surface area contributed by atoms with Gasteiger partial charge in [-0.25, -0.2) is 4.98 Å². The summed E-state index contributed by atoms with van der Waals surface area (Å²) in [5, 5.41) is 15.4. The molecule has 0 amide bonds. The van der Waals surface area contributed by atoms with E-state index in [9.17, 15) is 5.11 Å². The van der Waals surface area contributed by atoms with Crippen LogP contribution in [-0.2, 0) is 6.42 Å². The number of hydrogen-bond acceptors (Lipinski definition) is 6. The lowest BCUT2D eigenvalue weighted by Gasteiger charge is -2.37. The molecule has 2 atom stereocenters. The Bertz CT molecular complexity index is 934. The molecule has 0 spiro atoms. The van der Waals surface area contributed by atoms with Gasteiger partial charge in [0, 0.05) is 13.0 Å². The summed E-state index contributed by atoms with van der Waals surface area (Å²) in [6.07, 6.45) is 3.19. The Hall–Kier alpha value is -2.12. The normalized spacial score (nSPS) is 19.2. The zero-order chi connectivity index (χ0) is 19.7. The van der Waals surface area contributed by atoms with Gasteiger partial charge in [0.05, 0.1) is 17.5 Å². The molecule has 1 saturated heterocycles. The number of aromatic hydroxyl groups is 1. The molecule has 4 rings (SSSR count). The Labute approximate surface area is 169 Å². The maximum atomic E-state index is 11.0. The second-order valence-electron chi connectivity index (χ2n) is 7.51. The second kappa shape index (κ2) is 8.09.